The van der Waals surface area contributed by atoms with Gasteiger partial charge in [0.05, 0.1) is 0 Å². The van der Waals surface area contributed by atoms with Crippen LogP contribution < -0.4 is 5.73 Å². The number of hydrogen-bond donors (Lipinski definition) is 2. The molecule has 0 aromatic heterocycles. The van der Waals surface area contributed by atoms with Gasteiger partial charge in [-0.05, 0) is 43.7 Å². The molecule has 3 N–H and O–H groups in total. The molecule has 2 rings (SSSR count). The summed E-state index contributed by atoms with van der Waals surface area (Å²) in [5.41, 5.74) is 8.91. The van der Waals surface area contributed by atoms with E-state index < -0.39 is 0 Å². The van der Waals surface area contributed by atoms with Crippen LogP contribution in [-0.2, 0) is 0 Å². The third-order valence-corrected chi connectivity index (χ3v) is 4.62. The Kier molecular flexibility index (Phi) is 4.73. The van der Waals surface area contributed by atoms with E-state index in [0.29, 0.717) is 5.56 Å². The zero-order chi connectivity index (χ0) is 14.7. The summed E-state index contributed by atoms with van der Waals surface area (Å²) in [7, 11) is 0. The fourth-order valence-corrected chi connectivity index (χ4v) is 3.24. The smallest absolute Gasteiger partial charge is 0.171 e. The predicted octanol–water partition coefficient (Wildman–Crippen LogP) is 4.31. The third-order valence-electron chi connectivity index (χ3n) is 2.88. The average Bonchev–Trinajstić information content (AvgIpc) is 2.42. The second-order valence-corrected chi connectivity index (χ2v) is 6.50. The first kappa shape index (κ1) is 14.9. The Labute approximate surface area is 131 Å². The van der Waals surface area contributed by atoms with Crippen molar-refractivity contribution in [3.05, 3.63) is 57.6 Å². The Hall–Kier alpha value is -1.46. The summed E-state index contributed by atoms with van der Waals surface area (Å²) in [5, 5.41) is 12.0. The molecule has 0 spiro atoms. The minimum absolute atomic E-state index is 0.110. The molecule has 0 bridgehead atoms. The Morgan fingerprint density at radius 3 is 2.50 bits per heavy atom. The number of amidine groups is 1. The van der Waals surface area contributed by atoms with Gasteiger partial charge in [0, 0.05) is 19.8 Å². The van der Waals surface area contributed by atoms with Gasteiger partial charge in [-0.3, -0.25) is 0 Å². The van der Waals surface area contributed by atoms with Crippen LogP contribution >= 0.6 is 27.7 Å². The molecule has 0 saturated heterocycles. The van der Waals surface area contributed by atoms with Crippen molar-refractivity contribution in [3.8, 4) is 0 Å². The van der Waals surface area contributed by atoms with Crippen LogP contribution in [0.5, 0.6) is 0 Å². The lowest BCUT2D eigenvalue weighted by Gasteiger charge is -2.11. The molecular weight excluding hydrogens is 336 g/mol. The highest BCUT2D eigenvalue weighted by Crippen LogP contribution is 2.34. The molecule has 0 radical (unpaired) electrons. The van der Waals surface area contributed by atoms with Gasteiger partial charge in [0.2, 0.25) is 0 Å². The lowest BCUT2D eigenvalue weighted by Crippen LogP contribution is -2.14. The van der Waals surface area contributed by atoms with Gasteiger partial charge in [0.1, 0.15) is 0 Å². The molecule has 2 aromatic rings. The van der Waals surface area contributed by atoms with E-state index in [4.69, 9.17) is 10.9 Å². The Morgan fingerprint density at radius 1 is 1.15 bits per heavy atom. The van der Waals surface area contributed by atoms with Crippen LogP contribution in [0.1, 0.15) is 16.7 Å². The molecule has 0 heterocycles. The maximum absolute atomic E-state index is 8.90. The highest BCUT2D eigenvalue weighted by molar-refractivity contribution is 9.10. The van der Waals surface area contributed by atoms with Crippen molar-refractivity contribution in [3.63, 3.8) is 0 Å². The number of nitrogens with zero attached hydrogens (tertiary/aromatic N) is 1. The SMILES string of the molecule is Cc1ccc(Sc2ccc(Br)cc2/C(N)=N/O)c(C)c1. The molecule has 2 aromatic carbocycles. The summed E-state index contributed by atoms with van der Waals surface area (Å²) in [6.45, 7) is 4.15. The van der Waals surface area contributed by atoms with Crippen molar-refractivity contribution in [1.82, 2.24) is 0 Å². The molecule has 5 heteroatoms. The van der Waals surface area contributed by atoms with Crippen LogP contribution in [0.2, 0.25) is 0 Å². The van der Waals surface area contributed by atoms with Gasteiger partial charge in [-0.15, -0.1) is 0 Å². The summed E-state index contributed by atoms with van der Waals surface area (Å²) in [6.07, 6.45) is 0. The minimum Gasteiger partial charge on any atom is -0.409 e. The third kappa shape index (κ3) is 3.35. The largest absolute Gasteiger partial charge is 0.409 e. The number of halogens is 1. The van der Waals surface area contributed by atoms with E-state index in [1.54, 1.807) is 11.8 Å². The Bertz CT molecular complexity index is 671. The van der Waals surface area contributed by atoms with Crippen LogP contribution in [0.3, 0.4) is 0 Å². The summed E-state index contributed by atoms with van der Waals surface area (Å²) >= 11 is 5.01. The molecule has 0 fully saturated rings. The zero-order valence-electron chi connectivity index (χ0n) is 11.2. The van der Waals surface area contributed by atoms with E-state index in [0.717, 1.165) is 14.3 Å². The summed E-state index contributed by atoms with van der Waals surface area (Å²) < 4.78 is 0.893. The van der Waals surface area contributed by atoms with Crippen molar-refractivity contribution >= 4 is 33.5 Å². The van der Waals surface area contributed by atoms with E-state index in [-0.39, 0.29) is 5.84 Å². The average molecular weight is 351 g/mol. The van der Waals surface area contributed by atoms with Crippen molar-refractivity contribution < 1.29 is 5.21 Å². The summed E-state index contributed by atoms with van der Waals surface area (Å²) in [5.74, 6) is 0.110. The molecule has 3 nitrogen and oxygen atoms in total. The molecular formula is C15H15BrN2OS. The van der Waals surface area contributed by atoms with Gasteiger partial charge in [0.25, 0.3) is 0 Å². The van der Waals surface area contributed by atoms with Gasteiger partial charge in [-0.1, -0.05) is 50.5 Å². The van der Waals surface area contributed by atoms with Crippen LogP contribution in [0.15, 0.2) is 55.8 Å². The normalized spacial score (nSPS) is 11.7. The standard InChI is InChI=1S/C15H15BrN2OS/c1-9-3-5-13(10(2)7-9)20-14-6-4-11(16)8-12(14)15(17)18-19/h3-8,19H,1-2H3,(H2,17,18). The number of nitrogens with two attached hydrogens (primary N) is 1. The molecule has 104 valence electrons. The van der Waals surface area contributed by atoms with Gasteiger partial charge >= 0.3 is 0 Å². The molecule has 0 aliphatic rings. The van der Waals surface area contributed by atoms with Crippen LogP contribution in [0.25, 0.3) is 0 Å². The second-order valence-electron chi connectivity index (χ2n) is 4.50. The van der Waals surface area contributed by atoms with Crippen molar-refractivity contribution in [2.75, 3.05) is 0 Å². The van der Waals surface area contributed by atoms with E-state index in [9.17, 15) is 0 Å². The van der Waals surface area contributed by atoms with E-state index in [2.05, 4.69) is 53.1 Å². The number of hydrogen-bond acceptors (Lipinski definition) is 3. The maximum Gasteiger partial charge on any atom is 0.171 e. The fraction of sp³-hybridized carbons (Fsp3) is 0.133. The number of benzene rings is 2. The number of rotatable bonds is 3. The fourth-order valence-electron chi connectivity index (χ4n) is 1.88. The quantitative estimate of drug-likeness (QED) is 0.375. The molecule has 0 unspecified atom stereocenters. The topological polar surface area (TPSA) is 58.6 Å². The molecule has 0 amide bonds. The molecule has 0 aliphatic carbocycles. The van der Waals surface area contributed by atoms with Crippen molar-refractivity contribution in [2.45, 2.75) is 23.6 Å². The predicted molar refractivity (Wildman–Crippen MR) is 86.7 cm³/mol. The van der Waals surface area contributed by atoms with Crippen molar-refractivity contribution in [1.29, 1.82) is 0 Å². The van der Waals surface area contributed by atoms with Crippen LogP contribution in [0, 0.1) is 13.8 Å². The maximum atomic E-state index is 8.90. The first-order valence-corrected chi connectivity index (χ1v) is 7.65. The summed E-state index contributed by atoms with van der Waals surface area (Å²) in [4.78, 5) is 2.11. The lowest BCUT2D eigenvalue weighted by molar-refractivity contribution is 0.318. The highest BCUT2D eigenvalue weighted by atomic mass is 79.9. The number of aryl methyl sites for hydroxylation is 2. The Morgan fingerprint density at radius 2 is 1.85 bits per heavy atom. The lowest BCUT2D eigenvalue weighted by atomic mass is 10.2. The molecule has 0 atom stereocenters. The minimum atomic E-state index is 0.110. The molecule has 20 heavy (non-hydrogen) atoms. The van der Waals surface area contributed by atoms with Gasteiger partial charge < -0.3 is 10.9 Å². The molecule has 0 saturated carbocycles. The monoisotopic (exact) mass is 350 g/mol. The zero-order valence-corrected chi connectivity index (χ0v) is 13.6. The van der Waals surface area contributed by atoms with Gasteiger partial charge in [-0.2, -0.15) is 0 Å². The van der Waals surface area contributed by atoms with Gasteiger partial charge in [-0.25, -0.2) is 0 Å². The van der Waals surface area contributed by atoms with Gasteiger partial charge in [0.15, 0.2) is 5.84 Å². The number of oxime groups is 1. The van der Waals surface area contributed by atoms with E-state index >= 15 is 0 Å². The first-order valence-electron chi connectivity index (χ1n) is 6.04. The van der Waals surface area contributed by atoms with E-state index in [1.807, 2.05) is 18.2 Å². The van der Waals surface area contributed by atoms with Crippen LogP contribution in [-0.4, -0.2) is 11.0 Å². The summed E-state index contributed by atoms with van der Waals surface area (Å²) in [6, 6.07) is 12.1. The molecule has 0 aliphatic heterocycles. The first-order chi connectivity index (χ1) is 9.51. The highest BCUT2D eigenvalue weighted by Gasteiger charge is 2.10. The van der Waals surface area contributed by atoms with E-state index in [1.165, 1.54) is 11.1 Å². The van der Waals surface area contributed by atoms with Crippen LogP contribution in [0.4, 0.5) is 0 Å². The Balaban J connectivity index is 2.43. The second kappa shape index (κ2) is 6.33. The van der Waals surface area contributed by atoms with Crippen molar-refractivity contribution in [2.24, 2.45) is 10.9 Å².